The number of pyridine rings is 1. The third kappa shape index (κ3) is 5.00. The van der Waals surface area contributed by atoms with E-state index in [0.717, 1.165) is 21.5 Å². The zero-order chi connectivity index (χ0) is 21.7. The number of anilines is 1. The van der Waals surface area contributed by atoms with Gasteiger partial charge in [0, 0.05) is 24.2 Å². The molecule has 3 rings (SSSR count). The highest BCUT2D eigenvalue weighted by atomic mass is 32.2. The summed E-state index contributed by atoms with van der Waals surface area (Å²) >= 11 is 1.37. The van der Waals surface area contributed by atoms with Crippen molar-refractivity contribution in [3.8, 4) is 0 Å². The average Bonchev–Trinajstić information content (AvgIpc) is 2.73. The van der Waals surface area contributed by atoms with Crippen LogP contribution in [0.25, 0.3) is 10.9 Å². The van der Waals surface area contributed by atoms with Crippen molar-refractivity contribution >= 4 is 44.3 Å². The highest BCUT2D eigenvalue weighted by Gasteiger charge is 2.21. The lowest BCUT2D eigenvalue weighted by Crippen LogP contribution is -2.30. The fraction of sp³-hybridized carbons (Fsp3) is 0.273. The van der Waals surface area contributed by atoms with Crippen molar-refractivity contribution in [1.82, 2.24) is 9.29 Å². The number of sulfonamides is 1. The summed E-state index contributed by atoms with van der Waals surface area (Å²) in [7, 11) is -3.51. The van der Waals surface area contributed by atoms with E-state index in [0.29, 0.717) is 18.8 Å². The summed E-state index contributed by atoms with van der Waals surface area (Å²) in [5.74, 6) is 0.0385. The fourth-order valence-corrected chi connectivity index (χ4v) is 5.38. The smallest absolute Gasteiger partial charge is 0.243 e. The SMILES string of the molecule is CCN(CC)S(=O)(=O)c1ccc(NC(=O)CSc2cc(C)c3ccccc3n2)cc1. The maximum Gasteiger partial charge on any atom is 0.243 e. The third-order valence-corrected chi connectivity index (χ3v) is 7.71. The van der Waals surface area contributed by atoms with E-state index < -0.39 is 10.0 Å². The first-order chi connectivity index (χ1) is 14.3. The molecular formula is C22H25N3O3S2. The number of para-hydroxylation sites is 1. The minimum Gasteiger partial charge on any atom is -0.325 e. The molecule has 0 aliphatic carbocycles. The van der Waals surface area contributed by atoms with Gasteiger partial charge in [0.2, 0.25) is 15.9 Å². The molecule has 0 atom stereocenters. The quantitative estimate of drug-likeness (QED) is 0.525. The number of carbonyl (C=O) groups is 1. The summed E-state index contributed by atoms with van der Waals surface area (Å²) < 4.78 is 26.5. The van der Waals surface area contributed by atoms with Gasteiger partial charge in [-0.25, -0.2) is 13.4 Å². The molecule has 0 saturated heterocycles. The Hall–Kier alpha value is -2.42. The average molecular weight is 444 g/mol. The van der Waals surface area contributed by atoms with Gasteiger partial charge in [-0.2, -0.15) is 4.31 Å². The van der Waals surface area contributed by atoms with Crippen LogP contribution in [0.2, 0.25) is 0 Å². The van der Waals surface area contributed by atoms with Gasteiger partial charge in [-0.05, 0) is 48.9 Å². The summed E-state index contributed by atoms with van der Waals surface area (Å²) in [6, 6.07) is 16.1. The van der Waals surface area contributed by atoms with Gasteiger partial charge in [0.1, 0.15) is 0 Å². The van der Waals surface area contributed by atoms with E-state index in [9.17, 15) is 13.2 Å². The number of nitrogens with one attached hydrogen (secondary N) is 1. The molecule has 0 radical (unpaired) electrons. The molecule has 0 unspecified atom stereocenters. The largest absolute Gasteiger partial charge is 0.325 e. The van der Waals surface area contributed by atoms with Crippen molar-refractivity contribution in [3.63, 3.8) is 0 Å². The first-order valence-electron chi connectivity index (χ1n) is 9.74. The predicted molar refractivity (Wildman–Crippen MR) is 122 cm³/mol. The molecule has 1 aromatic heterocycles. The number of aryl methyl sites for hydroxylation is 1. The van der Waals surface area contributed by atoms with Gasteiger partial charge < -0.3 is 5.32 Å². The molecule has 0 saturated carbocycles. The Morgan fingerprint density at radius 3 is 2.40 bits per heavy atom. The summed E-state index contributed by atoms with van der Waals surface area (Å²) in [6.45, 7) is 6.47. The van der Waals surface area contributed by atoms with Crippen LogP contribution in [-0.4, -0.2) is 42.5 Å². The van der Waals surface area contributed by atoms with Crippen LogP contribution >= 0.6 is 11.8 Å². The Morgan fingerprint density at radius 1 is 1.07 bits per heavy atom. The number of amides is 1. The molecule has 0 aliphatic heterocycles. The second-order valence-electron chi connectivity index (χ2n) is 6.75. The standard InChI is InChI=1S/C22H25N3O3S2/c1-4-25(5-2)30(27,28)18-12-10-17(11-13-18)23-21(26)15-29-22-14-16(3)19-8-6-7-9-20(19)24-22/h6-14H,4-5,15H2,1-3H3,(H,23,26). The molecule has 1 amide bonds. The first kappa shape index (κ1) is 22.3. The van der Waals surface area contributed by atoms with Crippen molar-refractivity contribution in [3.05, 3.63) is 60.2 Å². The summed E-state index contributed by atoms with van der Waals surface area (Å²) in [4.78, 5) is 17.1. The van der Waals surface area contributed by atoms with Crippen LogP contribution in [0.15, 0.2) is 64.5 Å². The topological polar surface area (TPSA) is 79.4 Å². The van der Waals surface area contributed by atoms with Gasteiger partial charge in [-0.1, -0.05) is 43.8 Å². The van der Waals surface area contributed by atoms with Crippen LogP contribution in [0.3, 0.4) is 0 Å². The van der Waals surface area contributed by atoms with Crippen LogP contribution in [0.1, 0.15) is 19.4 Å². The number of benzene rings is 2. The predicted octanol–water partition coefficient (Wildman–Crippen LogP) is 4.30. The van der Waals surface area contributed by atoms with Crippen LogP contribution < -0.4 is 5.32 Å². The molecular weight excluding hydrogens is 418 g/mol. The number of aromatic nitrogens is 1. The van der Waals surface area contributed by atoms with Crippen molar-refractivity contribution in [2.45, 2.75) is 30.7 Å². The van der Waals surface area contributed by atoms with Crippen molar-refractivity contribution in [2.75, 3.05) is 24.2 Å². The van der Waals surface area contributed by atoms with E-state index in [1.54, 1.807) is 26.0 Å². The number of thioether (sulfide) groups is 1. The molecule has 0 bridgehead atoms. The minimum absolute atomic E-state index is 0.174. The molecule has 2 aromatic carbocycles. The number of fused-ring (bicyclic) bond motifs is 1. The molecule has 30 heavy (non-hydrogen) atoms. The van der Waals surface area contributed by atoms with Crippen LogP contribution in [-0.2, 0) is 14.8 Å². The van der Waals surface area contributed by atoms with E-state index in [1.807, 2.05) is 37.3 Å². The Kier molecular flexibility index (Phi) is 7.12. The molecule has 6 nitrogen and oxygen atoms in total. The molecule has 3 aromatic rings. The van der Waals surface area contributed by atoms with Crippen LogP contribution in [0.5, 0.6) is 0 Å². The van der Waals surface area contributed by atoms with Crippen LogP contribution in [0.4, 0.5) is 5.69 Å². The highest BCUT2D eigenvalue weighted by molar-refractivity contribution is 7.99. The minimum atomic E-state index is -3.51. The van der Waals surface area contributed by atoms with Gasteiger partial charge in [0.05, 0.1) is 21.2 Å². The van der Waals surface area contributed by atoms with E-state index in [4.69, 9.17) is 0 Å². The van der Waals surface area contributed by atoms with Crippen molar-refractivity contribution in [1.29, 1.82) is 0 Å². The normalized spacial score (nSPS) is 11.7. The molecule has 0 aliphatic rings. The summed E-state index contributed by atoms with van der Waals surface area (Å²) in [6.07, 6.45) is 0. The Bertz CT molecular complexity index is 1140. The van der Waals surface area contributed by atoms with Crippen LogP contribution in [0, 0.1) is 6.92 Å². The van der Waals surface area contributed by atoms with Gasteiger partial charge in [-0.3, -0.25) is 4.79 Å². The Labute approximate surface area is 181 Å². The van der Waals surface area contributed by atoms with Gasteiger partial charge in [0.15, 0.2) is 0 Å². The van der Waals surface area contributed by atoms with Crippen molar-refractivity contribution < 1.29 is 13.2 Å². The number of nitrogens with zero attached hydrogens (tertiary/aromatic N) is 2. The maximum atomic E-state index is 12.5. The number of rotatable bonds is 8. The van der Waals surface area contributed by atoms with Crippen molar-refractivity contribution in [2.24, 2.45) is 0 Å². The Morgan fingerprint density at radius 2 is 1.73 bits per heavy atom. The van der Waals surface area contributed by atoms with Gasteiger partial charge in [0.25, 0.3) is 0 Å². The van der Waals surface area contributed by atoms with E-state index in [2.05, 4.69) is 10.3 Å². The zero-order valence-electron chi connectivity index (χ0n) is 17.3. The summed E-state index contributed by atoms with van der Waals surface area (Å²) in [5.41, 5.74) is 2.58. The number of carbonyl (C=O) groups excluding carboxylic acids is 1. The molecule has 158 valence electrons. The van der Waals surface area contributed by atoms with Gasteiger partial charge >= 0.3 is 0 Å². The van der Waals surface area contributed by atoms with E-state index in [1.165, 1.54) is 28.2 Å². The number of hydrogen-bond donors (Lipinski definition) is 1. The molecule has 1 heterocycles. The third-order valence-electron chi connectivity index (χ3n) is 4.73. The monoisotopic (exact) mass is 443 g/mol. The highest BCUT2D eigenvalue weighted by Crippen LogP contribution is 2.24. The fourth-order valence-electron chi connectivity index (χ4n) is 3.15. The lowest BCUT2D eigenvalue weighted by Gasteiger charge is -2.18. The zero-order valence-corrected chi connectivity index (χ0v) is 18.9. The molecule has 8 heteroatoms. The van der Waals surface area contributed by atoms with E-state index in [-0.39, 0.29) is 16.6 Å². The van der Waals surface area contributed by atoms with Gasteiger partial charge in [-0.15, -0.1) is 0 Å². The molecule has 1 N–H and O–H groups in total. The number of hydrogen-bond acceptors (Lipinski definition) is 5. The summed E-state index contributed by atoms with van der Waals surface area (Å²) in [5, 5.41) is 4.70. The Balaban J connectivity index is 1.63. The lowest BCUT2D eigenvalue weighted by atomic mass is 10.1. The van der Waals surface area contributed by atoms with E-state index >= 15 is 0 Å². The molecule has 0 fully saturated rings. The second kappa shape index (κ2) is 9.59. The molecule has 0 spiro atoms. The second-order valence-corrected chi connectivity index (χ2v) is 9.68. The lowest BCUT2D eigenvalue weighted by molar-refractivity contribution is -0.113. The maximum absolute atomic E-state index is 12.5. The first-order valence-corrected chi connectivity index (χ1v) is 12.2.